The van der Waals surface area contributed by atoms with Gasteiger partial charge in [0, 0.05) is 6.42 Å². The first-order valence-corrected chi connectivity index (χ1v) is 8.98. The second kappa shape index (κ2) is 15.8. The van der Waals surface area contributed by atoms with Crippen molar-refractivity contribution in [3.8, 4) is 11.5 Å². The summed E-state index contributed by atoms with van der Waals surface area (Å²) in [7, 11) is -0.443. The predicted molar refractivity (Wildman–Crippen MR) is 83.5 cm³/mol. The molecule has 0 radical (unpaired) electrons. The molecule has 0 amide bonds. The van der Waals surface area contributed by atoms with Crippen LogP contribution in [0.1, 0.15) is 64.2 Å². The smallest absolute Gasteiger partial charge is 0.481 e. The molecular weight excluding hydrogens is 308 g/mol. The first-order chi connectivity index (χ1) is 10.2. The van der Waals surface area contributed by atoms with Gasteiger partial charge in [0.15, 0.2) is 0 Å². The minimum atomic E-state index is -0.707. The van der Waals surface area contributed by atoms with Crippen molar-refractivity contribution in [1.29, 1.82) is 0 Å². The third kappa shape index (κ3) is 15.7. The first kappa shape index (κ1) is 20.5. The van der Waals surface area contributed by atoms with Crippen LogP contribution in [0, 0.1) is 11.5 Å². The van der Waals surface area contributed by atoms with Gasteiger partial charge in [0.05, 0.1) is 0 Å². The fourth-order valence-electron chi connectivity index (χ4n) is 2.00. The molecule has 0 spiro atoms. The van der Waals surface area contributed by atoms with Gasteiger partial charge in [0.25, 0.3) is 0 Å². The van der Waals surface area contributed by atoms with E-state index in [-0.39, 0.29) is 22.3 Å². The summed E-state index contributed by atoms with van der Waals surface area (Å²) in [6.07, 6.45) is 9.86. The summed E-state index contributed by atoms with van der Waals surface area (Å²) in [6.45, 7) is 0.639. The Morgan fingerprint density at radius 1 is 0.810 bits per heavy atom. The van der Waals surface area contributed by atoms with Gasteiger partial charge >= 0.3 is 112 Å². The fraction of sp³-hybridized carbons (Fsp3) is 0.786. The minimum Gasteiger partial charge on any atom is -0.481 e. The Balaban J connectivity index is 3.37. The molecule has 1 N–H and O–H groups in total. The molecule has 0 aliphatic heterocycles. The van der Waals surface area contributed by atoms with E-state index in [0.29, 0.717) is 6.54 Å². The van der Waals surface area contributed by atoms with Crippen LogP contribution in [0.3, 0.4) is 0 Å². The number of unbranched alkanes of at least 4 members (excludes halogenated alkanes) is 8. The maximum absolute atomic E-state index is 10.4. The van der Waals surface area contributed by atoms with Gasteiger partial charge in [0.1, 0.15) is 0 Å². The minimum absolute atomic E-state index is 0.221. The van der Waals surface area contributed by atoms with Crippen LogP contribution < -0.4 is 0 Å². The van der Waals surface area contributed by atoms with Crippen molar-refractivity contribution in [2.45, 2.75) is 64.2 Å². The number of rotatable bonds is 12. The van der Waals surface area contributed by atoms with Crippen molar-refractivity contribution in [3.05, 3.63) is 0 Å². The van der Waals surface area contributed by atoms with E-state index in [0.717, 1.165) is 38.5 Å². The molecule has 7 heteroatoms. The second-order valence-corrected chi connectivity index (χ2v) is 5.63. The molecule has 0 aliphatic carbocycles. The van der Waals surface area contributed by atoms with Crippen LogP contribution in [0.25, 0.3) is 0 Å². The normalized spacial score (nSPS) is 9.95. The molecule has 118 valence electrons. The van der Waals surface area contributed by atoms with Crippen molar-refractivity contribution in [1.82, 2.24) is 4.90 Å². The van der Waals surface area contributed by atoms with E-state index in [2.05, 4.69) is 11.5 Å². The first-order valence-electron chi connectivity index (χ1n) is 7.36. The molecule has 0 bridgehead atoms. The molecule has 0 aromatic carbocycles. The van der Waals surface area contributed by atoms with E-state index in [9.17, 15) is 13.9 Å². The average Bonchev–Trinajstić information content (AvgIpc) is 2.44. The van der Waals surface area contributed by atoms with Gasteiger partial charge < -0.3 is 5.11 Å². The van der Waals surface area contributed by atoms with E-state index in [4.69, 9.17) is 5.11 Å². The van der Waals surface area contributed by atoms with Gasteiger partial charge in [-0.25, -0.2) is 0 Å². The number of hydrogen-bond donors (Lipinski definition) is 1. The molecular formula is C14H23NO4P2. The molecule has 0 aliphatic rings. The van der Waals surface area contributed by atoms with Crippen LogP contribution in [0.2, 0.25) is 0 Å². The Bertz CT molecular complexity index is 455. The van der Waals surface area contributed by atoms with E-state index in [1.165, 1.54) is 24.2 Å². The average molecular weight is 331 g/mol. The van der Waals surface area contributed by atoms with Crippen molar-refractivity contribution in [2.24, 2.45) is 0 Å². The Hall–Kier alpha value is -0.550. The van der Waals surface area contributed by atoms with Crippen molar-refractivity contribution >= 4 is 21.8 Å². The fourth-order valence-corrected chi connectivity index (χ4v) is 2.58. The summed E-state index contributed by atoms with van der Waals surface area (Å²) in [5, 5.41) is 8.50. The molecule has 0 saturated heterocycles. The van der Waals surface area contributed by atoms with Crippen LogP contribution in [0.15, 0.2) is 0 Å². The Morgan fingerprint density at radius 2 is 1.24 bits per heavy atom. The third-order valence-corrected chi connectivity index (χ3v) is 3.74. The maximum atomic E-state index is 10.4. The van der Waals surface area contributed by atoms with Crippen LogP contribution in [0.5, 0.6) is 0 Å². The van der Waals surface area contributed by atoms with Crippen LogP contribution in [-0.2, 0) is 13.9 Å². The molecule has 0 saturated carbocycles. The standard InChI is InChI=1S/C14H23NO4P2/c16-14(17)10-8-6-4-2-1-3-5-7-9-11-15(12-20-18)13-21-19/h1-11H2,(H,16,17). The quantitative estimate of drug-likeness (QED) is 0.319. The summed E-state index contributed by atoms with van der Waals surface area (Å²) in [5.41, 5.74) is 0. The topological polar surface area (TPSA) is 74.7 Å². The predicted octanol–water partition coefficient (Wildman–Crippen LogP) is 4.69. The monoisotopic (exact) mass is 331 g/mol. The number of carbonyl (C=O) groups is 1. The summed E-state index contributed by atoms with van der Waals surface area (Å²) < 4.78 is 20.8. The summed E-state index contributed by atoms with van der Waals surface area (Å²) in [5.74, 6) is 4.32. The van der Waals surface area contributed by atoms with Crippen LogP contribution in [0.4, 0.5) is 0 Å². The number of carboxylic acid groups (broad SMARTS) is 1. The molecule has 0 rings (SSSR count). The van der Waals surface area contributed by atoms with Crippen LogP contribution in [-0.4, -0.2) is 22.5 Å². The van der Waals surface area contributed by atoms with Gasteiger partial charge in [0.2, 0.25) is 0 Å². The number of nitrogens with zero attached hydrogens (tertiary/aromatic N) is 1. The number of carboxylic acids is 1. The van der Waals surface area contributed by atoms with Gasteiger partial charge in [-0.15, -0.1) is 0 Å². The van der Waals surface area contributed by atoms with Crippen molar-refractivity contribution in [3.63, 3.8) is 0 Å². The van der Waals surface area contributed by atoms with Gasteiger partial charge in [-0.1, -0.05) is 0 Å². The van der Waals surface area contributed by atoms with E-state index >= 15 is 0 Å². The Labute approximate surface area is 128 Å². The molecule has 0 atom stereocenters. The van der Waals surface area contributed by atoms with Gasteiger partial charge in [-0.2, -0.15) is 0 Å². The van der Waals surface area contributed by atoms with Gasteiger partial charge in [-0.05, 0) is 0 Å². The third-order valence-electron chi connectivity index (χ3n) is 3.10. The molecule has 0 aromatic heterocycles. The molecule has 0 aromatic rings. The zero-order valence-corrected chi connectivity index (χ0v) is 14.1. The van der Waals surface area contributed by atoms with Crippen LogP contribution >= 0.6 is 15.8 Å². The zero-order chi connectivity index (χ0) is 15.8. The molecule has 0 unspecified atom stereocenters. The van der Waals surface area contributed by atoms with Crippen molar-refractivity contribution < 1.29 is 19.0 Å². The van der Waals surface area contributed by atoms with Gasteiger partial charge in [-0.3, -0.25) is 4.79 Å². The zero-order valence-electron chi connectivity index (χ0n) is 12.3. The Morgan fingerprint density at radius 3 is 1.67 bits per heavy atom. The molecule has 5 nitrogen and oxygen atoms in total. The second-order valence-electron chi connectivity index (χ2n) is 4.86. The van der Waals surface area contributed by atoms with Crippen molar-refractivity contribution in [2.75, 3.05) is 6.54 Å². The summed E-state index contributed by atoms with van der Waals surface area (Å²) >= 11 is 0. The molecule has 21 heavy (non-hydrogen) atoms. The summed E-state index contributed by atoms with van der Waals surface area (Å²) in [4.78, 5) is 11.8. The summed E-state index contributed by atoms with van der Waals surface area (Å²) in [6, 6.07) is 0. The van der Waals surface area contributed by atoms with E-state index in [1.807, 2.05) is 0 Å². The van der Waals surface area contributed by atoms with E-state index in [1.54, 1.807) is 0 Å². The number of hydrogen-bond acceptors (Lipinski definition) is 4. The molecule has 0 fully saturated rings. The number of aliphatic carboxylic acids is 1. The van der Waals surface area contributed by atoms with E-state index < -0.39 is 5.97 Å². The SMILES string of the molecule is O=P#CN(C#P=O)CCCCCCCCCCCC(=O)O. The molecule has 0 heterocycles. The Kier molecular flexibility index (Phi) is 15.4.